The Morgan fingerprint density at radius 3 is 1.85 bits per heavy atom. The molecule has 0 bridgehead atoms. The lowest BCUT2D eigenvalue weighted by molar-refractivity contribution is 0.0837. The second-order valence-electron chi connectivity index (χ2n) is 8.91. The zero-order chi connectivity index (χ0) is 27.8. The van der Waals surface area contributed by atoms with Crippen molar-refractivity contribution in [1.82, 2.24) is 10.4 Å². The van der Waals surface area contributed by atoms with E-state index in [0.29, 0.717) is 5.56 Å². The van der Waals surface area contributed by atoms with Gasteiger partial charge in [0.05, 0.1) is 11.7 Å². The van der Waals surface area contributed by atoms with Crippen molar-refractivity contribution in [1.29, 1.82) is 0 Å². The van der Waals surface area contributed by atoms with Gasteiger partial charge in [0.25, 0.3) is 5.91 Å². The number of nitrogens with one attached hydrogen (secondary N) is 1. The van der Waals surface area contributed by atoms with Crippen LogP contribution in [0.4, 0.5) is 17.3 Å². The van der Waals surface area contributed by atoms with Gasteiger partial charge in [-0.05, 0) is 53.5 Å². The molecule has 1 amide bonds. The SMILES string of the molecule is Cc1cccc(C(=O)NN2C(c3ccccc3)=CC(c3ccccc3)=CC2c2ccccc2)c1.F[B-](F)(F)F. The van der Waals surface area contributed by atoms with Crippen molar-refractivity contribution in [3.63, 3.8) is 0 Å². The van der Waals surface area contributed by atoms with Crippen molar-refractivity contribution in [2.45, 2.75) is 13.0 Å². The fourth-order valence-corrected chi connectivity index (χ4v) is 4.29. The minimum atomic E-state index is -6.00. The van der Waals surface area contributed by atoms with Gasteiger partial charge in [-0.25, -0.2) is 0 Å². The molecule has 1 N–H and O–H groups in total. The Kier molecular flexibility index (Phi) is 8.66. The highest BCUT2D eigenvalue weighted by molar-refractivity contribution is 6.50. The van der Waals surface area contributed by atoms with Gasteiger partial charge >= 0.3 is 7.25 Å². The maximum absolute atomic E-state index is 13.4. The van der Waals surface area contributed by atoms with Crippen LogP contribution in [-0.2, 0) is 0 Å². The summed E-state index contributed by atoms with van der Waals surface area (Å²) in [6, 6.07) is 38.3. The molecule has 1 aliphatic rings. The Morgan fingerprint density at radius 2 is 1.28 bits per heavy atom. The summed E-state index contributed by atoms with van der Waals surface area (Å²) in [7, 11) is -6.00. The molecule has 1 unspecified atom stereocenters. The second-order valence-corrected chi connectivity index (χ2v) is 8.91. The van der Waals surface area contributed by atoms with Crippen molar-refractivity contribution in [2.24, 2.45) is 0 Å². The Balaban J connectivity index is 0.000000648. The average Bonchev–Trinajstić information content (AvgIpc) is 2.93. The molecule has 0 aromatic heterocycles. The number of amides is 1. The van der Waals surface area contributed by atoms with E-state index in [1.165, 1.54) is 0 Å². The maximum atomic E-state index is 13.4. The molecule has 5 rings (SSSR count). The van der Waals surface area contributed by atoms with E-state index in [1.54, 1.807) is 0 Å². The molecule has 0 spiro atoms. The van der Waals surface area contributed by atoms with E-state index >= 15 is 0 Å². The van der Waals surface area contributed by atoms with Crippen LogP contribution in [0.1, 0.15) is 38.7 Å². The Hall–Kier alpha value is -4.59. The molecular formula is C31H26BF4N2O-. The standard InChI is InChI=1S/C31H26N2O.BF4/c1-23-12-11-19-27(20-23)31(34)32-33-29(25-15-7-3-8-16-25)21-28(24-13-5-2-6-14-24)22-30(33)26-17-9-4-10-18-26;2-1(3,4)5/h2-22,29H,1H3,(H,32,34);/q;-1. The van der Waals surface area contributed by atoms with Gasteiger partial charge in [0, 0.05) is 5.56 Å². The molecule has 0 fully saturated rings. The first kappa shape index (κ1) is 27.4. The van der Waals surface area contributed by atoms with E-state index in [0.717, 1.165) is 33.5 Å². The van der Waals surface area contributed by atoms with Crippen LogP contribution in [-0.4, -0.2) is 18.2 Å². The zero-order valence-corrected chi connectivity index (χ0v) is 21.1. The molecule has 1 heterocycles. The lowest BCUT2D eigenvalue weighted by Crippen LogP contribution is -2.44. The van der Waals surface area contributed by atoms with Gasteiger partial charge in [-0.15, -0.1) is 0 Å². The van der Waals surface area contributed by atoms with E-state index < -0.39 is 7.25 Å². The fraction of sp³-hybridized carbons (Fsp3) is 0.0645. The minimum absolute atomic E-state index is 0.136. The monoisotopic (exact) mass is 529 g/mol. The van der Waals surface area contributed by atoms with Crippen LogP contribution in [0.15, 0.2) is 127 Å². The summed E-state index contributed by atoms with van der Waals surface area (Å²) in [5.74, 6) is -0.136. The number of halogens is 4. The number of carbonyl (C=O) groups excluding carboxylic acids is 1. The first-order valence-electron chi connectivity index (χ1n) is 12.3. The Labute approximate surface area is 225 Å². The summed E-state index contributed by atoms with van der Waals surface area (Å²) in [6.07, 6.45) is 4.37. The predicted octanol–water partition coefficient (Wildman–Crippen LogP) is 8.12. The number of carbonyl (C=O) groups is 1. The van der Waals surface area contributed by atoms with Gasteiger partial charge in [0.1, 0.15) is 0 Å². The number of benzene rings is 4. The van der Waals surface area contributed by atoms with Gasteiger partial charge < -0.3 is 17.3 Å². The van der Waals surface area contributed by atoms with Crippen LogP contribution >= 0.6 is 0 Å². The minimum Gasteiger partial charge on any atom is -0.418 e. The van der Waals surface area contributed by atoms with Crippen molar-refractivity contribution in [3.8, 4) is 0 Å². The summed E-state index contributed by atoms with van der Waals surface area (Å²) in [4.78, 5) is 13.4. The molecule has 8 heteroatoms. The van der Waals surface area contributed by atoms with Crippen LogP contribution in [0.2, 0.25) is 0 Å². The molecular weight excluding hydrogens is 503 g/mol. The molecule has 39 heavy (non-hydrogen) atoms. The van der Waals surface area contributed by atoms with Crippen LogP contribution in [0, 0.1) is 6.92 Å². The molecule has 3 nitrogen and oxygen atoms in total. The van der Waals surface area contributed by atoms with Crippen LogP contribution < -0.4 is 5.43 Å². The summed E-state index contributed by atoms with van der Waals surface area (Å²) in [5.41, 5.74) is 10.2. The van der Waals surface area contributed by atoms with Crippen molar-refractivity contribution >= 4 is 24.4 Å². The average molecular weight is 529 g/mol. The van der Waals surface area contributed by atoms with E-state index in [-0.39, 0.29) is 11.9 Å². The van der Waals surface area contributed by atoms with E-state index in [4.69, 9.17) is 0 Å². The first-order chi connectivity index (χ1) is 18.7. The van der Waals surface area contributed by atoms with Gasteiger partial charge in [0.15, 0.2) is 0 Å². The summed E-state index contributed by atoms with van der Waals surface area (Å²) in [5, 5.41) is 1.99. The predicted molar refractivity (Wildman–Crippen MR) is 149 cm³/mol. The number of aryl methyl sites for hydroxylation is 1. The van der Waals surface area contributed by atoms with Crippen LogP contribution in [0.3, 0.4) is 0 Å². The third kappa shape index (κ3) is 7.71. The molecule has 1 aliphatic heterocycles. The van der Waals surface area contributed by atoms with E-state index in [9.17, 15) is 22.1 Å². The van der Waals surface area contributed by atoms with E-state index in [1.807, 2.05) is 78.7 Å². The number of hydrogen-bond donors (Lipinski definition) is 1. The lowest BCUT2D eigenvalue weighted by atomic mass is 9.92. The van der Waals surface area contributed by atoms with E-state index in [2.05, 4.69) is 66.1 Å². The number of rotatable bonds is 5. The van der Waals surface area contributed by atoms with Crippen LogP contribution in [0.25, 0.3) is 11.3 Å². The normalized spacial score (nSPS) is 14.9. The van der Waals surface area contributed by atoms with Gasteiger partial charge in [-0.1, -0.05) is 109 Å². The molecule has 0 saturated heterocycles. The molecule has 0 radical (unpaired) electrons. The van der Waals surface area contributed by atoms with Crippen LogP contribution in [0.5, 0.6) is 0 Å². The number of hydrogen-bond acceptors (Lipinski definition) is 2. The Bertz CT molecular complexity index is 1450. The van der Waals surface area contributed by atoms with Gasteiger partial charge in [-0.2, -0.15) is 0 Å². The van der Waals surface area contributed by atoms with Crippen molar-refractivity contribution in [3.05, 3.63) is 155 Å². The molecule has 0 aliphatic carbocycles. The highest BCUT2D eigenvalue weighted by atomic mass is 19.5. The lowest BCUT2D eigenvalue weighted by Gasteiger charge is -2.37. The number of allylic oxidation sites excluding steroid dienone is 2. The maximum Gasteiger partial charge on any atom is 0.673 e. The molecule has 4 aromatic rings. The fourth-order valence-electron chi connectivity index (χ4n) is 4.29. The summed E-state index contributed by atoms with van der Waals surface area (Å²) in [6.45, 7) is 1.99. The second kappa shape index (κ2) is 12.3. The smallest absolute Gasteiger partial charge is 0.418 e. The summed E-state index contributed by atoms with van der Waals surface area (Å²) >= 11 is 0. The highest BCUT2D eigenvalue weighted by Crippen LogP contribution is 2.38. The molecule has 4 aromatic carbocycles. The molecule has 1 atom stereocenters. The largest absolute Gasteiger partial charge is 0.673 e. The summed E-state index contributed by atoms with van der Waals surface area (Å²) < 4.78 is 39.0. The van der Waals surface area contributed by atoms with Crippen molar-refractivity contribution in [2.75, 3.05) is 0 Å². The number of hydrazine groups is 1. The first-order valence-corrected chi connectivity index (χ1v) is 12.3. The molecule has 198 valence electrons. The highest BCUT2D eigenvalue weighted by Gasteiger charge is 2.28. The molecule has 0 saturated carbocycles. The zero-order valence-electron chi connectivity index (χ0n) is 21.1. The number of nitrogens with zero attached hydrogens (tertiary/aromatic N) is 1. The Morgan fingerprint density at radius 1 is 0.744 bits per heavy atom. The van der Waals surface area contributed by atoms with Gasteiger partial charge in [-0.3, -0.25) is 15.2 Å². The topological polar surface area (TPSA) is 32.3 Å². The third-order valence-electron chi connectivity index (χ3n) is 5.99. The van der Waals surface area contributed by atoms with Crippen molar-refractivity contribution < 1.29 is 22.1 Å². The quantitative estimate of drug-likeness (QED) is 0.209. The third-order valence-corrected chi connectivity index (χ3v) is 5.99. The van der Waals surface area contributed by atoms with Gasteiger partial charge in [0.2, 0.25) is 0 Å².